The Hall–Kier alpha value is -1.92. The van der Waals surface area contributed by atoms with Crippen LogP contribution in [0.3, 0.4) is 0 Å². The maximum atomic E-state index is 13.1. The van der Waals surface area contributed by atoms with Gasteiger partial charge in [-0.15, -0.1) is 0 Å². The molecule has 28 heavy (non-hydrogen) atoms. The number of anilines is 2. The Kier molecular flexibility index (Phi) is 6.40. The summed E-state index contributed by atoms with van der Waals surface area (Å²) in [6, 6.07) is 8.34. The Morgan fingerprint density at radius 2 is 2.14 bits per heavy atom. The molecule has 2 atom stereocenters. The number of nitriles is 1. The van der Waals surface area contributed by atoms with Crippen LogP contribution in [0.2, 0.25) is 0 Å². The Labute approximate surface area is 175 Å². The minimum absolute atomic E-state index is 0.158. The maximum Gasteiger partial charge on any atom is 0.433 e. The largest absolute Gasteiger partial charge is 0.433 e. The van der Waals surface area contributed by atoms with Crippen LogP contribution < -0.4 is 10.4 Å². The van der Waals surface area contributed by atoms with Gasteiger partial charge in [0.15, 0.2) is 0 Å². The average Bonchev–Trinajstić information content (AvgIpc) is 2.67. The number of hydrogen-bond acceptors (Lipinski definition) is 5. The first-order valence-corrected chi connectivity index (χ1v) is 12.5. The quantitative estimate of drug-likeness (QED) is 0.269. The second kappa shape index (κ2) is 8.62. The first-order valence-electron chi connectivity index (χ1n) is 8.40. The van der Waals surface area contributed by atoms with Crippen molar-refractivity contribution in [3.8, 4) is 6.07 Å². The summed E-state index contributed by atoms with van der Waals surface area (Å²) in [5, 5.41) is 22.7. The number of aryl methyl sites for hydroxylation is 1. The smallest absolute Gasteiger partial charge is 0.377 e. The van der Waals surface area contributed by atoms with E-state index in [1.54, 1.807) is 12.1 Å². The molecule has 2 aromatic rings. The summed E-state index contributed by atoms with van der Waals surface area (Å²) in [5.41, 5.74) is 1.50. The minimum Gasteiger partial charge on any atom is -0.377 e. The van der Waals surface area contributed by atoms with Crippen molar-refractivity contribution < 1.29 is 13.2 Å². The highest BCUT2D eigenvalue weighted by atomic mass is 127. The number of rotatable bonds is 5. The second-order valence-electron chi connectivity index (χ2n) is 6.32. The molecule has 3 rings (SSSR count). The van der Waals surface area contributed by atoms with E-state index in [4.69, 9.17) is 10.7 Å². The summed E-state index contributed by atoms with van der Waals surface area (Å²) in [6.07, 6.45) is -0.536. The standard InChI is InChI=1S/C18H16F3IN5P/c19-18(20,21)17(24)13-7-12(4-5-14(13)27-28-22)26-15-3-1-2-11-6-10(8-23)9-25-16(11)15/h4-7,9,15,24,26-28H,1-3H2. The topological polar surface area (TPSA) is 84.6 Å². The van der Waals surface area contributed by atoms with E-state index < -0.39 is 11.9 Å². The number of aromatic nitrogens is 1. The summed E-state index contributed by atoms with van der Waals surface area (Å²) in [6.45, 7) is 0. The monoisotopic (exact) mass is 517 g/mol. The molecule has 1 heterocycles. The minimum atomic E-state index is -4.73. The van der Waals surface area contributed by atoms with Gasteiger partial charge in [-0.05, 0) is 71.1 Å². The van der Waals surface area contributed by atoms with E-state index in [9.17, 15) is 13.2 Å². The van der Waals surface area contributed by atoms with Crippen LogP contribution in [-0.2, 0) is 6.42 Å². The number of pyridine rings is 1. The number of alkyl halides is 3. The molecule has 5 nitrogen and oxygen atoms in total. The van der Waals surface area contributed by atoms with Gasteiger partial charge in [0.05, 0.1) is 17.3 Å². The summed E-state index contributed by atoms with van der Waals surface area (Å²) in [4.78, 5) is 4.39. The van der Waals surface area contributed by atoms with Crippen LogP contribution in [0, 0.1) is 16.7 Å². The lowest BCUT2D eigenvalue weighted by molar-refractivity contribution is -0.0587. The zero-order valence-electron chi connectivity index (χ0n) is 14.5. The maximum absolute atomic E-state index is 13.1. The number of nitrogens with zero attached hydrogens (tertiary/aromatic N) is 2. The third kappa shape index (κ3) is 4.55. The van der Waals surface area contributed by atoms with Gasteiger partial charge in [0.25, 0.3) is 0 Å². The lowest BCUT2D eigenvalue weighted by atomic mass is 9.91. The van der Waals surface area contributed by atoms with Crippen molar-refractivity contribution in [1.29, 1.82) is 10.7 Å². The lowest BCUT2D eigenvalue weighted by Crippen LogP contribution is -2.24. The molecular formula is C18H16F3IN5P. The molecule has 1 aromatic carbocycles. The molecule has 3 N–H and O–H groups in total. The van der Waals surface area contributed by atoms with Crippen LogP contribution in [0.15, 0.2) is 30.5 Å². The van der Waals surface area contributed by atoms with Crippen LogP contribution in [0.5, 0.6) is 0 Å². The average molecular weight is 517 g/mol. The van der Waals surface area contributed by atoms with E-state index in [0.29, 0.717) is 11.3 Å². The highest BCUT2D eigenvalue weighted by Gasteiger charge is 2.36. The van der Waals surface area contributed by atoms with E-state index in [-0.39, 0.29) is 23.7 Å². The predicted octanol–water partition coefficient (Wildman–Crippen LogP) is 5.73. The van der Waals surface area contributed by atoms with Crippen molar-refractivity contribution in [3.05, 3.63) is 52.8 Å². The van der Waals surface area contributed by atoms with Crippen molar-refractivity contribution >= 4 is 45.5 Å². The van der Waals surface area contributed by atoms with Gasteiger partial charge in [-0.3, -0.25) is 10.4 Å². The number of halogens is 4. The van der Waals surface area contributed by atoms with Gasteiger partial charge < -0.3 is 10.4 Å². The first-order chi connectivity index (χ1) is 13.3. The molecule has 0 saturated heterocycles. The summed E-state index contributed by atoms with van der Waals surface area (Å²) in [7, 11) is 0. The molecule has 1 aliphatic carbocycles. The molecule has 0 spiro atoms. The Balaban J connectivity index is 1.92. The van der Waals surface area contributed by atoms with Crippen molar-refractivity contribution in [2.75, 3.05) is 10.4 Å². The summed E-state index contributed by atoms with van der Waals surface area (Å²) < 4.78 is 39.3. The van der Waals surface area contributed by atoms with Crippen LogP contribution in [0.4, 0.5) is 24.5 Å². The fraction of sp³-hybridized carbons (Fsp3) is 0.278. The molecular weight excluding hydrogens is 501 g/mol. The van der Waals surface area contributed by atoms with Gasteiger partial charge in [-0.2, -0.15) is 18.4 Å². The van der Waals surface area contributed by atoms with E-state index in [1.165, 1.54) is 12.3 Å². The second-order valence-corrected chi connectivity index (χ2v) is 8.38. The number of benzene rings is 1. The van der Waals surface area contributed by atoms with Crippen LogP contribution in [-0.4, -0.2) is 16.9 Å². The normalized spacial score (nSPS) is 16.5. The van der Waals surface area contributed by atoms with Gasteiger partial charge in [0, 0.05) is 29.5 Å². The predicted molar refractivity (Wildman–Crippen MR) is 114 cm³/mol. The molecule has 2 unspecified atom stereocenters. The Morgan fingerprint density at radius 3 is 2.82 bits per heavy atom. The van der Waals surface area contributed by atoms with Gasteiger partial charge in [-0.1, -0.05) is 0 Å². The zero-order valence-corrected chi connectivity index (χ0v) is 17.6. The number of fused-ring (bicyclic) bond motifs is 1. The third-order valence-corrected chi connectivity index (χ3v) is 5.67. The van der Waals surface area contributed by atoms with E-state index in [2.05, 4.69) is 21.5 Å². The fourth-order valence-electron chi connectivity index (χ4n) is 3.22. The van der Waals surface area contributed by atoms with Crippen LogP contribution in [0.1, 0.15) is 41.3 Å². The number of nitrogens with one attached hydrogen (secondary N) is 3. The molecule has 10 heteroatoms. The highest BCUT2D eigenvalue weighted by Crippen LogP contribution is 2.35. The van der Waals surface area contributed by atoms with Gasteiger partial charge in [-0.25, -0.2) is 0 Å². The van der Waals surface area contributed by atoms with E-state index in [0.717, 1.165) is 30.5 Å². The highest BCUT2D eigenvalue weighted by molar-refractivity contribution is 14.2. The van der Waals surface area contributed by atoms with Crippen molar-refractivity contribution in [1.82, 2.24) is 4.98 Å². The van der Waals surface area contributed by atoms with E-state index in [1.807, 2.05) is 28.1 Å². The third-order valence-electron chi connectivity index (χ3n) is 4.49. The molecule has 146 valence electrons. The van der Waals surface area contributed by atoms with Gasteiger partial charge in [0.2, 0.25) is 0 Å². The van der Waals surface area contributed by atoms with Crippen LogP contribution in [0.25, 0.3) is 0 Å². The fourth-order valence-corrected chi connectivity index (χ4v) is 4.42. The lowest BCUT2D eigenvalue weighted by Gasteiger charge is -2.27. The Morgan fingerprint density at radius 1 is 1.36 bits per heavy atom. The van der Waals surface area contributed by atoms with Crippen molar-refractivity contribution in [2.24, 2.45) is 0 Å². The van der Waals surface area contributed by atoms with E-state index >= 15 is 0 Å². The summed E-state index contributed by atoms with van der Waals surface area (Å²) >= 11 is 2.03. The molecule has 1 aromatic heterocycles. The molecule has 0 aliphatic heterocycles. The van der Waals surface area contributed by atoms with Crippen molar-refractivity contribution in [3.63, 3.8) is 0 Å². The summed E-state index contributed by atoms with van der Waals surface area (Å²) in [5.74, 6) is 0. The molecule has 0 radical (unpaired) electrons. The van der Waals surface area contributed by atoms with Crippen molar-refractivity contribution in [2.45, 2.75) is 31.5 Å². The molecule has 0 fully saturated rings. The van der Waals surface area contributed by atoms with Gasteiger partial charge >= 0.3 is 6.18 Å². The molecule has 0 bridgehead atoms. The Bertz CT molecular complexity index is 942. The SMILES string of the molecule is N#Cc1cnc2c(c1)CCCC2Nc1ccc(NPI)c(C(=N)C(F)(F)F)c1. The molecule has 1 aliphatic rings. The van der Waals surface area contributed by atoms with Crippen LogP contribution >= 0.6 is 28.4 Å². The number of hydrogen-bond donors (Lipinski definition) is 3. The molecule has 0 saturated carbocycles. The first kappa shape index (κ1) is 20.8. The van der Waals surface area contributed by atoms with Gasteiger partial charge in [0.1, 0.15) is 11.8 Å². The zero-order chi connectivity index (χ0) is 20.3. The molecule has 0 amide bonds.